The number of carbonyl (C=O) groups is 1. The highest BCUT2D eigenvalue weighted by Crippen LogP contribution is 2.26. The number of H-pyrrole nitrogens is 1. The average Bonchev–Trinajstić information content (AvgIpc) is 2.93. The summed E-state index contributed by atoms with van der Waals surface area (Å²) >= 11 is 0. The fourth-order valence-electron chi connectivity index (χ4n) is 2.64. The molecule has 4 aromatic rings. The van der Waals surface area contributed by atoms with E-state index in [1.165, 1.54) is 0 Å². The largest absolute Gasteiger partial charge is 0.423 e. The zero-order chi connectivity index (χ0) is 14.9. The number of hydrogen-bond acceptors (Lipinski definition) is 2. The van der Waals surface area contributed by atoms with Crippen molar-refractivity contribution in [1.29, 1.82) is 0 Å². The SMILES string of the molecule is O=C(Oc1ccccc1)c1ccc2c(c1)[nH]c1ccccc12. The molecule has 0 fully saturated rings. The van der Waals surface area contributed by atoms with Crippen LogP contribution in [0, 0.1) is 0 Å². The van der Waals surface area contributed by atoms with E-state index in [-0.39, 0.29) is 5.97 Å². The maximum absolute atomic E-state index is 12.2. The lowest BCUT2D eigenvalue weighted by atomic mass is 10.1. The van der Waals surface area contributed by atoms with Gasteiger partial charge in [-0.2, -0.15) is 0 Å². The number of fused-ring (bicyclic) bond motifs is 3. The Morgan fingerprint density at radius 3 is 2.36 bits per heavy atom. The lowest BCUT2D eigenvalue weighted by molar-refractivity contribution is 0.0735. The van der Waals surface area contributed by atoms with Gasteiger partial charge in [0.25, 0.3) is 0 Å². The zero-order valence-corrected chi connectivity index (χ0v) is 11.7. The molecule has 0 radical (unpaired) electrons. The topological polar surface area (TPSA) is 42.1 Å². The van der Waals surface area contributed by atoms with E-state index in [2.05, 4.69) is 11.1 Å². The minimum Gasteiger partial charge on any atom is -0.423 e. The van der Waals surface area contributed by atoms with E-state index in [1.807, 2.05) is 48.5 Å². The molecular weight excluding hydrogens is 274 g/mol. The number of esters is 1. The second kappa shape index (κ2) is 5.04. The van der Waals surface area contributed by atoms with Gasteiger partial charge in [-0.25, -0.2) is 4.79 Å². The van der Waals surface area contributed by atoms with Crippen molar-refractivity contribution in [2.75, 3.05) is 0 Å². The van der Waals surface area contributed by atoms with Crippen LogP contribution in [0.3, 0.4) is 0 Å². The highest BCUT2D eigenvalue weighted by atomic mass is 16.5. The first-order valence-corrected chi connectivity index (χ1v) is 7.09. The summed E-state index contributed by atoms with van der Waals surface area (Å²) in [5.74, 6) is 0.191. The molecule has 0 spiro atoms. The highest BCUT2D eigenvalue weighted by Gasteiger charge is 2.11. The van der Waals surface area contributed by atoms with Crippen LogP contribution in [0.2, 0.25) is 0 Å². The number of para-hydroxylation sites is 2. The van der Waals surface area contributed by atoms with Gasteiger partial charge in [0.2, 0.25) is 0 Å². The number of nitrogens with one attached hydrogen (secondary N) is 1. The van der Waals surface area contributed by atoms with Gasteiger partial charge in [-0.1, -0.05) is 42.5 Å². The molecule has 0 amide bonds. The Labute approximate surface area is 127 Å². The molecule has 1 N–H and O–H groups in total. The summed E-state index contributed by atoms with van der Waals surface area (Å²) in [4.78, 5) is 15.6. The Hall–Kier alpha value is -3.07. The minimum absolute atomic E-state index is 0.355. The van der Waals surface area contributed by atoms with E-state index in [0.717, 1.165) is 21.8 Å². The Kier molecular flexibility index (Phi) is 2.90. The number of benzene rings is 3. The summed E-state index contributed by atoms with van der Waals surface area (Å²) in [6.45, 7) is 0. The van der Waals surface area contributed by atoms with Crippen molar-refractivity contribution >= 4 is 27.8 Å². The number of carbonyl (C=O) groups excluding carboxylic acids is 1. The maximum Gasteiger partial charge on any atom is 0.343 e. The first kappa shape index (κ1) is 12.7. The van der Waals surface area contributed by atoms with E-state index >= 15 is 0 Å². The van der Waals surface area contributed by atoms with Crippen LogP contribution < -0.4 is 4.74 Å². The third kappa shape index (κ3) is 2.13. The molecule has 22 heavy (non-hydrogen) atoms. The molecule has 3 heteroatoms. The van der Waals surface area contributed by atoms with E-state index in [4.69, 9.17) is 4.74 Å². The molecule has 3 aromatic carbocycles. The van der Waals surface area contributed by atoms with Crippen LogP contribution in [0.5, 0.6) is 5.75 Å². The third-order valence-corrected chi connectivity index (χ3v) is 3.70. The molecule has 1 aromatic heterocycles. The Bertz CT molecular complexity index is 970. The summed E-state index contributed by atoms with van der Waals surface area (Å²) in [7, 11) is 0. The van der Waals surface area contributed by atoms with Crippen molar-refractivity contribution in [3.05, 3.63) is 78.4 Å². The third-order valence-electron chi connectivity index (χ3n) is 3.70. The molecule has 0 unspecified atom stereocenters. The van der Waals surface area contributed by atoms with Crippen LogP contribution in [0.4, 0.5) is 0 Å². The highest BCUT2D eigenvalue weighted by molar-refractivity contribution is 6.09. The van der Waals surface area contributed by atoms with Gasteiger partial charge in [0.05, 0.1) is 5.56 Å². The Balaban J connectivity index is 1.73. The first-order chi connectivity index (χ1) is 10.8. The minimum atomic E-state index is -0.355. The van der Waals surface area contributed by atoms with Crippen LogP contribution in [0.1, 0.15) is 10.4 Å². The molecule has 0 atom stereocenters. The van der Waals surface area contributed by atoms with E-state index in [9.17, 15) is 4.79 Å². The van der Waals surface area contributed by atoms with Crippen molar-refractivity contribution in [3.63, 3.8) is 0 Å². The quantitative estimate of drug-likeness (QED) is 0.434. The van der Waals surface area contributed by atoms with Crippen LogP contribution in [0.15, 0.2) is 72.8 Å². The molecule has 106 valence electrons. The van der Waals surface area contributed by atoms with Crippen LogP contribution in [-0.4, -0.2) is 11.0 Å². The Morgan fingerprint density at radius 2 is 1.50 bits per heavy atom. The second-order valence-corrected chi connectivity index (χ2v) is 5.13. The summed E-state index contributed by atoms with van der Waals surface area (Å²) in [5.41, 5.74) is 2.53. The molecule has 0 aliphatic carbocycles. The molecule has 0 aliphatic rings. The molecule has 4 rings (SSSR count). The number of rotatable bonds is 2. The summed E-state index contributed by atoms with van der Waals surface area (Å²) in [5, 5.41) is 2.26. The van der Waals surface area contributed by atoms with Crippen molar-refractivity contribution in [2.24, 2.45) is 0 Å². The molecule has 3 nitrogen and oxygen atoms in total. The predicted molar refractivity (Wildman–Crippen MR) is 87.2 cm³/mol. The lowest BCUT2D eigenvalue weighted by Crippen LogP contribution is -2.08. The van der Waals surface area contributed by atoms with Crippen molar-refractivity contribution in [1.82, 2.24) is 4.98 Å². The predicted octanol–water partition coefficient (Wildman–Crippen LogP) is 4.54. The van der Waals surface area contributed by atoms with Gasteiger partial charge in [-0.05, 0) is 30.3 Å². The maximum atomic E-state index is 12.2. The number of aromatic amines is 1. The van der Waals surface area contributed by atoms with Crippen LogP contribution in [-0.2, 0) is 0 Å². The zero-order valence-electron chi connectivity index (χ0n) is 11.7. The number of aromatic nitrogens is 1. The summed E-state index contributed by atoms with van der Waals surface area (Å²) in [6, 6.07) is 22.8. The summed E-state index contributed by atoms with van der Waals surface area (Å²) < 4.78 is 5.37. The van der Waals surface area contributed by atoms with Crippen molar-refractivity contribution < 1.29 is 9.53 Å². The number of hydrogen-bond donors (Lipinski definition) is 1. The lowest BCUT2D eigenvalue weighted by Gasteiger charge is -2.04. The van der Waals surface area contributed by atoms with Gasteiger partial charge in [-0.3, -0.25) is 0 Å². The molecule has 0 saturated carbocycles. The fraction of sp³-hybridized carbons (Fsp3) is 0. The van der Waals surface area contributed by atoms with Crippen LogP contribution in [0.25, 0.3) is 21.8 Å². The number of ether oxygens (including phenoxy) is 1. The molecular formula is C19H13NO2. The normalized spacial score (nSPS) is 10.9. The second-order valence-electron chi connectivity index (χ2n) is 5.13. The summed E-state index contributed by atoms with van der Waals surface area (Å²) in [6.07, 6.45) is 0. The fourth-order valence-corrected chi connectivity index (χ4v) is 2.64. The molecule has 0 bridgehead atoms. The van der Waals surface area contributed by atoms with E-state index < -0.39 is 0 Å². The van der Waals surface area contributed by atoms with Gasteiger partial charge in [-0.15, -0.1) is 0 Å². The van der Waals surface area contributed by atoms with Gasteiger partial charge in [0, 0.05) is 21.8 Å². The van der Waals surface area contributed by atoms with Gasteiger partial charge in [0.1, 0.15) is 5.75 Å². The van der Waals surface area contributed by atoms with Gasteiger partial charge < -0.3 is 9.72 Å². The Morgan fingerprint density at radius 1 is 0.773 bits per heavy atom. The van der Waals surface area contributed by atoms with Crippen molar-refractivity contribution in [2.45, 2.75) is 0 Å². The standard InChI is InChI=1S/C19H13NO2/c21-19(22-14-6-2-1-3-7-14)13-10-11-16-15-8-4-5-9-17(15)20-18(16)12-13/h1-12,20H. The van der Waals surface area contributed by atoms with Crippen molar-refractivity contribution in [3.8, 4) is 5.75 Å². The van der Waals surface area contributed by atoms with Gasteiger partial charge >= 0.3 is 5.97 Å². The molecule has 0 saturated heterocycles. The van der Waals surface area contributed by atoms with E-state index in [0.29, 0.717) is 11.3 Å². The van der Waals surface area contributed by atoms with E-state index in [1.54, 1.807) is 18.2 Å². The smallest absolute Gasteiger partial charge is 0.343 e. The van der Waals surface area contributed by atoms with Gasteiger partial charge in [0.15, 0.2) is 0 Å². The molecule has 0 aliphatic heterocycles. The average molecular weight is 287 g/mol. The monoisotopic (exact) mass is 287 g/mol. The molecule has 1 heterocycles. The van der Waals surface area contributed by atoms with Crippen LogP contribution >= 0.6 is 0 Å². The first-order valence-electron chi connectivity index (χ1n) is 7.09.